The van der Waals surface area contributed by atoms with Crippen LogP contribution in [0.4, 0.5) is 5.69 Å². The summed E-state index contributed by atoms with van der Waals surface area (Å²) in [5.74, 6) is 0. The molecule has 1 aromatic rings. The van der Waals surface area contributed by atoms with Crippen molar-refractivity contribution in [3.63, 3.8) is 0 Å². The van der Waals surface area contributed by atoms with Gasteiger partial charge in [0, 0.05) is 17.8 Å². The number of para-hydroxylation sites is 1. The molecule has 1 heteroatoms. The molecule has 1 heterocycles. The Morgan fingerprint density at radius 2 is 1.52 bits per heavy atom. The predicted octanol–water partition coefficient (Wildman–Crippen LogP) is 5.61. The number of benzene rings is 1. The van der Waals surface area contributed by atoms with Crippen molar-refractivity contribution >= 4 is 5.69 Å². The van der Waals surface area contributed by atoms with Gasteiger partial charge in [-0.15, -0.1) is 0 Å². The average Bonchev–Trinajstić information content (AvgIpc) is 2.79. The molecule has 0 saturated carbocycles. The maximum Gasteiger partial charge on any atom is 0.0435 e. The lowest BCUT2D eigenvalue weighted by atomic mass is 9.80. The van der Waals surface area contributed by atoms with Gasteiger partial charge in [0.2, 0.25) is 0 Å². The van der Waals surface area contributed by atoms with Crippen LogP contribution in [0.2, 0.25) is 0 Å². The van der Waals surface area contributed by atoms with Gasteiger partial charge in [0.05, 0.1) is 0 Å². The minimum absolute atomic E-state index is 0.306. The van der Waals surface area contributed by atoms with Crippen LogP contribution in [0.15, 0.2) is 18.2 Å². The summed E-state index contributed by atoms with van der Waals surface area (Å²) in [5.41, 5.74) is 5.35. The van der Waals surface area contributed by atoms with E-state index >= 15 is 0 Å². The number of hydrogen-bond donors (Lipinski definition) is 0. The highest BCUT2D eigenvalue weighted by atomic mass is 15.2. The zero-order chi connectivity index (χ0) is 15.7. The van der Waals surface area contributed by atoms with E-state index in [1.807, 2.05) is 0 Å². The Morgan fingerprint density at radius 3 is 1.95 bits per heavy atom. The normalized spacial score (nSPS) is 29.1. The van der Waals surface area contributed by atoms with E-state index in [2.05, 4.69) is 64.6 Å². The Hall–Kier alpha value is -0.980. The molecule has 0 amide bonds. The predicted molar refractivity (Wildman–Crippen MR) is 94.3 cm³/mol. The summed E-state index contributed by atoms with van der Waals surface area (Å²) in [5, 5.41) is 0. The van der Waals surface area contributed by atoms with Crippen LogP contribution in [0.5, 0.6) is 0 Å². The molecule has 0 aliphatic carbocycles. The molecule has 1 aromatic carbocycles. The molecule has 0 spiro atoms. The van der Waals surface area contributed by atoms with Crippen LogP contribution < -0.4 is 4.90 Å². The van der Waals surface area contributed by atoms with Crippen molar-refractivity contribution in [3.05, 3.63) is 29.3 Å². The standard InChI is InChI=1S/C20H33N/c1-7-16-12-11-13-17(8-2)18(16)21-15-19(5,9-3)14-20(21,6)10-4/h11-13H,7-10,14-15H2,1-6H3/t19-,20-/m0/s1. The first-order valence-corrected chi connectivity index (χ1v) is 8.81. The molecule has 0 aromatic heterocycles. The minimum atomic E-state index is 0.306. The smallest absolute Gasteiger partial charge is 0.0435 e. The number of hydrogen-bond acceptors (Lipinski definition) is 1. The first kappa shape index (κ1) is 16.4. The molecule has 0 radical (unpaired) electrons. The van der Waals surface area contributed by atoms with Crippen molar-refractivity contribution in [1.82, 2.24) is 0 Å². The Kier molecular flexibility index (Phi) is 4.70. The van der Waals surface area contributed by atoms with Gasteiger partial charge in [-0.3, -0.25) is 0 Å². The molecule has 0 unspecified atom stereocenters. The van der Waals surface area contributed by atoms with Gasteiger partial charge in [0.1, 0.15) is 0 Å². The molecule has 1 fully saturated rings. The van der Waals surface area contributed by atoms with Gasteiger partial charge in [-0.2, -0.15) is 0 Å². The molecule has 1 nitrogen and oxygen atoms in total. The SMILES string of the molecule is CCc1cccc(CC)c1N1C[C@@](C)(CC)C[C@]1(C)CC. The monoisotopic (exact) mass is 287 g/mol. The van der Waals surface area contributed by atoms with Gasteiger partial charge in [-0.1, -0.05) is 52.8 Å². The first-order chi connectivity index (χ1) is 9.93. The van der Waals surface area contributed by atoms with Gasteiger partial charge in [0.15, 0.2) is 0 Å². The highest BCUT2D eigenvalue weighted by Gasteiger charge is 2.47. The molecular formula is C20H33N. The van der Waals surface area contributed by atoms with Crippen molar-refractivity contribution in [2.75, 3.05) is 11.4 Å². The first-order valence-electron chi connectivity index (χ1n) is 8.81. The zero-order valence-corrected chi connectivity index (χ0v) is 14.9. The molecule has 0 N–H and O–H groups in total. The topological polar surface area (TPSA) is 3.24 Å². The van der Waals surface area contributed by atoms with E-state index < -0.39 is 0 Å². The van der Waals surface area contributed by atoms with E-state index in [-0.39, 0.29) is 0 Å². The second kappa shape index (κ2) is 6.02. The lowest BCUT2D eigenvalue weighted by Gasteiger charge is -2.39. The maximum atomic E-state index is 2.76. The largest absolute Gasteiger partial charge is 0.365 e. The van der Waals surface area contributed by atoms with Gasteiger partial charge in [-0.25, -0.2) is 0 Å². The fourth-order valence-corrected chi connectivity index (χ4v) is 4.11. The number of rotatable bonds is 5. The van der Waals surface area contributed by atoms with Gasteiger partial charge in [0.25, 0.3) is 0 Å². The van der Waals surface area contributed by atoms with Crippen molar-refractivity contribution < 1.29 is 0 Å². The fraction of sp³-hybridized carbons (Fsp3) is 0.700. The second-order valence-electron chi connectivity index (χ2n) is 7.41. The van der Waals surface area contributed by atoms with Crippen LogP contribution in [0.3, 0.4) is 0 Å². The van der Waals surface area contributed by atoms with E-state index in [9.17, 15) is 0 Å². The van der Waals surface area contributed by atoms with E-state index in [1.54, 1.807) is 5.69 Å². The number of anilines is 1. The number of nitrogens with zero attached hydrogens (tertiary/aromatic N) is 1. The van der Waals surface area contributed by atoms with Gasteiger partial charge < -0.3 is 4.90 Å². The van der Waals surface area contributed by atoms with E-state index in [4.69, 9.17) is 0 Å². The third kappa shape index (κ3) is 2.84. The van der Waals surface area contributed by atoms with Crippen LogP contribution in [0, 0.1) is 5.41 Å². The van der Waals surface area contributed by atoms with Crippen LogP contribution in [-0.2, 0) is 12.8 Å². The summed E-state index contributed by atoms with van der Waals surface area (Å²) in [6.45, 7) is 15.4. The quantitative estimate of drug-likeness (QED) is 0.680. The molecule has 2 atom stereocenters. The molecule has 0 bridgehead atoms. The van der Waals surface area contributed by atoms with Crippen LogP contribution in [0.1, 0.15) is 71.9 Å². The van der Waals surface area contributed by atoms with Crippen molar-refractivity contribution in [3.8, 4) is 0 Å². The minimum Gasteiger partial charge on any atom is -0.365 e. The summed E-state index contributed by atoms with van der Waals surface area (Å²) in [6, 6.07) is 6.89. The third-order valence-corrected chi connectivity index (χ3v) is 5.85. The summed E-state index contributed by atoms with van der Waals surface area (Å²) >= 11 is 0. The van der Waals surface area contributed by atoms with Crippen molar-refractivity contribution in [2.24, 2.45) is 5.41 Å². The molecule has 118 valence electrons. The molecule has 21 heavy (non-hydrogen) atoms. The number of aryl methyl sites for hydroxylation is 2. The fourth-order valence-electron chi connectivity index (χ4n) is 4.11. The third-order valence-electron chi connectivity index (χ3n) is 5.85. The molecule has 2 rings (SSSR count). The molecule has 1 saturated heterocycles. The summed E-state index contributed by atoms with van der Waals surface area (Å²) in [4.78, 5) is 2.76. The summed E-state index contributed by atoms with van der Waals surface area (Å²) in [6.07, 6.45) is 6.07. The maximum absolute atomic E-state index is 2.76. The second-order valence-corrected chi connectivity index (χ2v) is 7.41. The van der Waals surface area contributed by atoms with Gasteiger partial charge >= 0.3 is 0 Å². The summed E-state index contributed by atoms with van der Waals surface area (Å²) in [7, 11) is 0. The van der Waals surface area contributed by atoms with E-state index in [1.165, 1.54) is 36.9 Å². The lowest BCUT2D eigenvalue weighted by molar-refractivity contribution is 0.309. The molecule has 1 aliphatic rings. The van der Waals surface area contributed by atoms with Gasteiger partial charge in [-0.05, 0) is 55.6 Å². The Labute approximate surface area is 131 Å². The Morgan fingerprint density at radius 1 is 0.952 bits per heavy atom. The Bertz CT molecular complexity index is 470. The Balaban J connectivity index is 2.54. The van der Waals surface area contributed by atoms with E-state index in [0.29, 0.717) is 11.0 Å². The zero-order valence-electron chi connectivity index (χ0n) is 14.9. The van der Waals surface area contributed by atoms with Crippen LogP contribution >= 0.6 is 0 Å². The highest BCUT2D eigenvalue weighted by Crippen LogP contribution is 2.48. The summed E-state index contributed by atoms with van der Waals surface area (Å²) < 4.78 is 0. The molecular weight excluding hydrogens is 254 g/mol. The van der Waals surface area contributed by atoms with Crippen LogP contribution in [0.25, 0.3) is 0 Å². The van der Waals surface area contributed by atoms with E-state index in [0.717, 1.165) is 12.8 Å². The molecule has 1 aliphatic heterocycles. The van der Waals surface area contributed by atoms with Crippen LogP contribution in [-0.4, -0.2) is 12.1 Å². The average molecular weight is 287 g/mol. The lowest BCUT2D eigenvalue weighted by Crippen LogP contribution is -2.41. The highest BCUT2D eigenvalue weighted by molar-refractivity contribution is 5.63. The van der Waals surface area contributed by atoms with Crippen molar-refractivity contribution in [1.29, 1.82) is 0 Å². The van der Waals surface area contributed by atoms with Crippen molar-refractivity contribution in [2.45, 2.75) is 79.2 Å².